The number of aliphatic imine (C=N–C) groups is 1. The van der Waals surface area contributed by atoms with Crippen LogP contribution in [0.25, 0.3) is 0 Å². The van der Waals surface area contributed by atoms with Gasteiger partial charge in [0, 0.05) is 32.2 Å². The molecule has 0 saturated carbocycles. The second-order valence-corrected chi connectivity index (χ2v) is 5.77. The lowest BCUT2D eigenvalue weighted by Crippen LogP contribution is -2.38. The summed E-state index contributed by atoms with van der Waals surface area (Å²) in [4.78, 5) is 17.7. The molecule has 0 aromatic heterocycles. The molecule has 0 radical (unpaired) electrons. The van der Waals surface area contributed by atoms with Gasteiger partial charge in [0.05, 0.1) is 0 Å². The van der Waals surface area contributed by atoms with Crippen molar-refractivity contribution >= 4 is 17.6 Å². The fourth-order valence-corrected chi connectivity index (χ4v) is 2.66. The van der Waals surface area contributed by atoms with Gasteiger partial charge in [-0.25, -0.2) is 0 Å². The van der Waals surface area contributed by atoms with Crippen LogP contribution in [0.15, 0.2) is 29.3 Å². The number of nitrogens with zero attached hydrogens (tertiary/aromatic N) is 2. The van der Waals surface area contributed by atoms with Gasteiger partial charge in [0.15, 0.2) is 5.96 Å². The Balaban J connectivity index is 1.81. The molecule has 5 nitrogen and oxygen atoms in total. The Kier molecular flexibility index (Phi) is 6.25. The largest absolute Gasteiger partial charge is 0.370 e. The first-order valence-electron chi connectivity index (χ1n) is 8.06. The predicted octanol–water partition coefficient (Wildman–Crippen LogP) is 2.38. The van der Waals surface area contributed by atoms with Gasteiger partial charge in [-0.05, 0) is 37.0 Å². The summed E-state index contributed by atoms with van der Waals surface area (Å²) in [7, 11) is 0. The smallest absolute Gasteiger partial charge is 0.221 e. The summed E-state index contributed by atoms with van der Waals surface area (Å²) in [6.45, 7) is 4.26. The van der Waals surface area contributed by atoms with Crippen LogP contribution in [0.3, 0.4) is 0 Å². The minimum Gasteiger partial charge on any atom is -0.370 e. The van der Waals surface area contributed by atoms with E-state index in [-0.39, 0.29) is 5.91 Å². The van der Waals surface area contributed by atoms with Crippen LogP contribution in [0.1, 0.15) is 38.2 Å². The van der Waals surface area contributed by atoms with Crippen molar-refractivity contribution in [3.8, 4) is 0 Å². The molecule has 1 saturated heterocycles. The van der Waals surface area contributed by atoms with Crippen molar-refractivity contribution in [1.29, 1.82) is 0 Å². The zero-order valence-corrected chi connectivity index (χ0v) is 13.3. The summed E-state index contributed by atoms with van der Waals surface area (Å²) in [5, 5.41) is 2.76. The number of anilines is 1. The Labute approximate surface area is 132 Å². The Morgan fingerprint density at radius 2 is 1.82 bits per heavy atom. The van der Waals surface area contributed by atoms with E-state index in [0.717, 1.165) is 25.2 Å². The molecule has 0 atom stereocenters. The van der Waals surface area contributed by atoms with Crippen molar-refractivity contribution in [3.63, 3.8) is 0 Å². The van der Waals surface area contributed by atoms with Crippen LogP contribution in [0.4, 0.5) is 5.69 Å². The fraction of sp³-hybridized carbons (Fsp3) is 0.529. The highest BCUT2D eigenvalue weighted by Gasteiger charge is 2.10. The van der Waals surface area contributed by atoms with Gasteiger partial charge in [-0.1, -0.05) is 25.0 Å². The van der Waals surface area contributed by atoms with Gasteiger partial charge < -0.3 is 16.0 Å². The molecule has 1 aliphatic rings. The zero-order chi connectivity index (χ0) is 15.8. The molecule has 0 spiro atoms. The van der Waals surface area contributed by atoms with E-state index in [1.807, 2.05) is 24.3 Å². The lowest BCUT2D eigenvalue weighted by Gasteiger charge is -2.21. The molecule has 2 rings (SSSR count). The molecule has 1 aromatic carbocycles. The maximum atomic E-state index is 11.0. The lowest BCUT2D eigenvalue weighted by atomic mass is 10.1. The number of benzene rings is 1. The van der Waals surface area contributed by atoms with Crippen LogP contribution in [-0.4, -0.2) is 36.4 Å². The van der Waals surface area contributed by atoms with Gasteiger partial charge in [-0.3, -0.25) is 9.79 Å². The number of guanidine groups is 1. The molecule has 1 amide bonds. The molecule has 5 heteroatoms. The van der Waals surface area contributed by atoms with Crippen LogP contribution in [0, 0.1) is 0 Å². The van der Waals surface area contributed by atoms with Crippen LogP contribution >= 0.6 is 0 Å². The Hall–Kier alpha value is -2.04. The quantitative estimate of drug-likeness (QED) is 0.662. The van der Waals surface area contributed by atoms with Crippen molar-refractivity contribution in [2.75, 3.05) is 25.0 Å². The van der Waals surface area contributed by atoms with Crippen LogP contribution in [0.2, 0.25) is 0 Å². The van der Waals surface area contributed by atoms with Crippen molar-refractivity contribution < 1.29 is 4.79 Å². The average molecular weight is 302 g/mol. The van der Waals surface area contributed by atoms with Crippen molar-refractivity contribution in [2.24, 2.45) is 10.7 Å². The highest BCUT2D eigenvalue weighted by Crippen LogP contribution is 2.11. The summed E-state index contributed by atoms with van der Waals surface area (Å²) in [5.74, 6) is 0.624. The number of nitrogens with two attached hydrogens (primary N) is 1. The first kappa shape index (κ1) is 16.3. The predicted molar refractivity (Wildman–Crippen MR) is 91.0 cm³/mol. The zero-order valence-electron chi connectivity index (χ0n) is 13.3. The number of carbonyl (C=O) groups is 1. The van der Waals surface area contributed by atoms with Gasteiger partial charge >= 0.3 is 0 Å². The number of carbonyl (C=O) groups excluding carboxylic acids is 1. The van der Waals surface area contributed by atoms with Crippen LogP contribution in [-0.2, 0) is 11.2 Å². The standard InChI is InChI=1S/C17H26N4O/c1-14(22)20-16-8-6-15(7-9-16)10-11-19-17(18)21-12-4-2-3-5-13-21/h6-9H,2-5,10-13H2,1H3,(H2,18,19)(H,20,22). The van der Waals surface area contributed by atoms with E-state index in [9.17, 15) is 4.79 Å². The summed E-state index contributed by atoms with van der Waals surface area (Å²) in [6.07, 6.45) is 5.87. The molecule has 0 aliphatic carbocycles. The molecule has 120 valence electrons. The van der Waals surface area contributed by atoms with Crippen molar-refractivity contribution in [3.05, 3.63) is 29.8 Å². The summed E-state index contributed by atoms with van der Waals surface area (Å²) in [6, 6.07) is 7.86. The SMILES string of the molecule is CC(=O)Nc1ccc(CCN=C(N)N2CCCCCC2)cc1. The molecule has 0 unspecified atom stereocenters. The molecule has 1 aromatic rings. The Morgan fingerprint density at radius 1 is 1.18 bits per heavy atom. The molecular formula is C17H26N4O. The maximum Gasteiger partial charge on any atom is 0.221 e. The van der Waals surface area contributed by atoms with E-state index < -0.39 is 0 Å². The van der Waals surface area contributed by atoms with Crippen LogP contribution in [0.5, 0.6) is 0 Å². The third-order valence-corrected chi connectivity index (χ3v) is 3.88. The Bertz CT molecular complexity index is 502. The monoisotopic (exact) mass is 302 g/mol. The summed E-state index contributed by atoms with van der Waals surface area (Å²) >= 11 is 0. The summed E-state index contributed by atoms with van der Waals surface area (Å²) in [5.41, 5.74) is 8.11. The average Bonchev–Trinajstić information content (AvgIpc) is 2.77. The van der Waals surface area contributed by atoms with Crippen molar-refractivity contribution in [2.45, 2.75) is 39.0 Å². The number of hydrogen-bond acceptors (Lipinski definition) is 2. The minimum atomic E-state index is -0.0532. The van der Waals surface area contributed by atoms with Gasteiger partial charge in [-0.15, -0.1) is 0 Å². The molecule has 1 aliphatic heterocycles. The first-order chi connectivity index (χ1) is 10.6. The van der Waals surface area contributed by atoms with Gasteiger partial charge in [0.2, 0.25) is 5.91 Å². The van der Waals surface area contributed by atoms with Crippen LogP contribution < -0.4 is 11.1 Å². The van der Waals surface area contributed by atoms with E-state index in [4.69, 9.17) is 5.73 Å². The molecule has 0 bridgehead atoms. The highest BCUT2D eigenvalue weighted by atomic mass is 16.1. The number of likely N-dealkylation sites (tertiary alicyclic amines) is 1. The topological polar surface area (TPSA) is 70.7 Å². The number of amides is 1. The van der Waals surface area contributed by atoms with Gasteiger partial charge in [-0.2, -0.15) is 0 Å². The van der Waals surface area contributed by atoms with Gasteiger partial charge in [0.25, 0.3) is 0 Å². The number of rotatable bonds is 4. The molecule has 22 heavy (non-hydrogen) atoms. The number of nitrogens with one attached hydrogen (secondary N) is 1. The normalized spacial score (nSPS) is 16.2. The van der Waals surface area contributed by atoms with E-state index >= 15 is 0 Å². The highest BCUT2D eigenvalue weighted by molar-refractivity contribution is 5.88. The summed E-state index contributed by atoms with van der Waals surface area (Å²) < 4.78 is 0. The van der Waals surface area contributed by atoms with E-state index in [0.29, 0.717) is 12.5 Å². The van der Waals surface area contributed by atoms with Gasteiger partial charge in [0.1, 0.15) is 0 Å². The molecule has 1 fully saturated rings. The second kappa shape index (κ2) is 8.41. The van der Waals surface area contributed by atoms with Crippen molar-refractivity contribution in [1.82, 2.24) is 4.90 Å². The minimum absolute atomic E-state index is 0.0532. The van der Waals surface area contributed by atoms with E-state index in [2.05, 4.69) is 15.2 Å². The second-order valence-electron chi connectivity index (χ2n) is 5.77. The maximum absolute atomic E-state index is 11.0. The third kappa shape index (κ3) is 5.39. The molecule has 1 heterocycles. The Morgan fingerprint density at radius 3 is 2.41 bits per heavy atom. The number of hydrogen-bond donors (Lipinski definition) is 2. The third-order valence-electron chi connectivity index (χ3n) is 3.88. The van der Waals surface area contributed by atoms with E-state index in [1.54, 1.807) is 0 Å². The molecular weight excluding hydrogens is 276 g/mol. The fourth-order valence-electron chi connectivity index (χ4n) is 2.66. The molecule has 3 N–H and O–H groups in total. The lowest BCUT2D eigenvalue weighted by molar-refractivity contribution is -0.114. The first-order valence-corrected chi connectivity index (χ1v) is 8.06. The van der Waals surface area contributed by atoms with E-state index in [1.165, 1.54) is 38.2 Å².